The van der Waals surface area contributed by atoms with Crippen LogP contribution in [0.1, 0.15) is 24.5 Å². The molecule has 1 nitrogen and oxygen atoms in total. The largest absolute Gasteiger partial charge is 0.248 e. The second kappa shape index (κ2) is 5.46. The van der Waals surface area contributed by atoms with Crippen LogP contribution < -0.4 is 0 Å². The van der Waals surface area contributed by atoms with Gasteiger partial charge in [0.2, 0.25) is 0 Å². The molecule has 0 amide bonds. The Morgan fingerprint density at radius 3 is 2.60 bits per heavy atom. The maximum absolute atomic E-state index is 4.83. The van der Waals surface area contributed by atoms with Crippen molar-refractivity contribution in [1.29, 1.82) is 0 Å². The van der Waals surface area contributed by atoms with Crippen molar-refractivity contribution in [1.82, 2.24) is 4.98 Å². The standard InChI is InChI=1S/C19H19N/c1-3-5-15-8-9-16-10-11-18(20-19(16)13-15)17-7-4-6-14(2)12-17/h4,6-13H,3,5H2,1-2H3. The Labute approximate surface area is 120 Å². The first-order chi connectivity index (χ1) is 9.76. The maximum Gasteiger partial charge on any atom is 0.0712 e. The fourth-order valence-corrected chi connectivity index (χ4v) is 2.57. The zero-order valence-electron chi connectivity index (χ0n) is 12.1. The molecule has 0 aliphatic rings. The lowest BCUT2D eigenvalue weighted by molar-refractivity contribution is 0.923. The lowest BCUT2D eigenvalue weighted by Crippen LogP contribution is -1.88. The number of hydrogen-bond donors (Lipinski definition) is 0. The minimum Gasteiger partial charge on any atom is -0.248 e. The Hall–Kier alpha value is -2.15. The van der Waals surface area contributed by atoms with Gasteiger partial charge in [0.15, 0.2) is 0 Å². The molecule has 0 aliphatic carbocycles. The van der Waals surface area contributed by atoms with Crippen LogP contribution in [0.15, 0.2) is 54.6 Å². The number of aromatic nitrogens is 1. The summed E-state index contributed by atoms with van der Waals surface area (Å²) < 4.78 is 0. The SMILES string of the molecule is CCCc1ccc2ccc(-c3cccc(C)c3)nc2c1. The van der Waals surface area contributed by atoms with E-state index in [0.717, 1.165) is 17.6 Å². The van der Waals surface area contributed by atoms with Gasteiger partial charge in [-0.15, -0.1) is 0 Å². The second-order valence-electron chi connectivity index (χ2n) is 5.34. The number of rotatable bonds is 3. The van der Waals surface area contributed by atoms with E-state index in [1.165, 1.54) is 28.5 Å². The van der Waals surface area contributed by atoms with Crippen LogP contribution in [-0.2, 0) is 6.42 Å². The van der Waals surface area contributed by atoms with Crippen molar-refractivity contribution in [2.45, 2.75) is 26.7 Å². The average Bonchev–Trinajstić information content (AvgIpc) is 2.47. The number of benzene rings is 2. The number of pyridine rings is 1. The molecule has 3 rings (SSSR count). The molecular formula is C19H19N. The van der Waals surface area contributed by atoms with E-state index in [1.807, 2.05) is 0 Å². The van der Waals surface area contributed by atoms with Gasteiger partial charge in [0.05, 0.1) is 11.2 Å². The molecule has 0 saturated carbocycles. The summed E-state index contributed by atoms with van der Waals surface area (Å²) in [5.74, 6) is 0. The van der Waals surface area contributed by atoms with Crippen LogP contribution in [0.2, 0.25) is 0 Å². The van der Waals surface area contributed by atoms with Crippen LogP contribution in [0.5, 0.6) is 0 Å². The Kier molecular flexibility index (Phi) is 3.51. The number of aryl methyl sites for hydroxylation is 2. The third-order valence-electron chi connectivity index (χ3n) is 3.61. The first kappa shape index (κ1) is 12.9. The summed E-state index contributed by atoms with van der Waals surface area (Å²) in [7, 11) is 0. The molecule has 0 saturated heterocycles. The van der Waals surface area contributed by atoms with Crippen molar-refractivity contribution in [3.8, 4) is 11.3 Å². The Morgan fingerprint density at radius 1 is 0.950 bits per heavy atom. The van der Waals surface area contributed by atoms with Gasteiger partial charge < -0.3 is 0 Å². The van der Waals surface area contributed by atoms with E-state index >= 15 is 0 Å². The molecule has 0 N–H and O–H groups in total. The summed E-state index contributed by atoms with van der Waals surface area (Å²) >= 11 is 0. The summed E-state index contributed by atoms with van der Waals surface area (Å²) in [6.07, 6.45) is 2.29. The molecule has 1 heteroatoms. The monoisotopic (exact) mass is 261 g/mol. The molecule has 1 heterocycles. The van der Waals surface area contributed by atoms with Crippen LogP contribution in [0, 0.1) is 6.92 Å². The van der Waals surface area contributed by atoms with Gasteiger partial charge in [-0.05, 0) is 37.1 Å². The van der Waals surface area contributed by atoms with Crippen LogP contribution in [-0.4, -0.2) is 4.98 Å². The van der Waals surface area contributed by atoms with Crippen LogP contribution >= 0.6 is 0 Å². The van der Waals surface area contributed by atoms with Crippen LogP contribution in [0.25, 0.3) is 22.2 Å². The van der Waals surface area contributed by atoms with Gasteiger partial charge in [0.1, 0.15) is 0 Å². The molecule has 0 radical (unpaired) electrons. The predicted molar refractivity (Wildman–Crippen MR) is 85.9 cm³/mol. The van der Waals surface area contributed by atoms with E-state index in [4.69, 9.17) is 4.98 Å². The topological polar surface area (TPSA) is 12.9 Å². The van der Waals surface area contributed by atoms with Crippen molar-refractivity contribution < 1.29 is 0 Å². The summed E-state index contributed by atoms with van der Waals surface area (Å²) in [4.78, 5) is 4.83. The minimum absolute atomic E-state index is 1.05. The predicted octanol–water partition coefficient (Wildman–Crippen LogP) is 5.16. The van der Waals surface area contributed by atoms with Crippen LogP contribution in [0.4, 0.5) is 0 Å². The Morgan fingerprint density at radius 2 is 1.80 bits per heavy atom. The fourth-order valence-electron chi connectivity index (χ4n) is 2.57. The highest BCUT2D eigenvalue weighted by molar-refractivity contribution is 5.82. The van der Waals surface area contributed by atoms with Gasteiger partial charge in [-0.3, -0.25) is 0 Å². The average molecular weight is 261 g/mol. The molecule has 3 aromatic rings. The maximum atomic E-state index is 4.83. The van der Waals surface area contributed by atoms with Crippen molar-refractivity contribution in [2.24, 2.45) is 0 Å². The molecular weight excluding hydrogens is 242 g/mol. The molecule has 0 atom stereocenters. The summed E-state index contributed by atoms with van der Waals surface area (Å²) in [6, 6.07) is 19.4. The van der Waals surface area contributed by atoms with E-state index in [-0.39, 0.29) is 0 Å². The summed E-state index contributed by atoms with van der Waals surface area (Å²) in [5.41, 5.74) is 5.97. The Bertz CT molecular complexity index is 744. The molecule has 0 bridgehead atoms. The quantitative estimate of drug-likeness (QED) is 0.634. The van der Waals surface area contributed by atoms with E-state index < -0.39 is 0 Å². The van der Waals surface area contributed by atoms with Gasteiger partial charge in [-0.25, -0.2) is 4.98 Å². The van der Waals surface area contributed by atoms with Crippen molar-refractivity contribution >= 4 is 10.9 Å². The third-order valence-corrected chi connectivity index (χ3v) is 3.61. The number of fused-ring (bicyclic) bond motifs is 1. The highest BCUT2D eigenvalue weighted by atomic mass is 14.7. The zero-order chi connectivity index (χ0) is 13.9. The number of nitrogens with zero attached hydrogens (tertiary/aromatic N) is 1. The fraction of sp³-hybridized carbons (Fsp3) is 0.211. The van der Waals surface area contributed by atoms with Gasteiger partial charge in [0, 0.05) is 10.9 Å². The molecule has 0 spiro atoms. The molecule has 2 aromatic carbocycles. The number of hydrogen-bond acceptors (Lipinski definition) is 1. The van der Waals surface area contributed by atoms with Crippen LogP contribution in [0.3, 0.4) is 0 Å². The lowest BCUT2D eigenvalue weighted by atomic mass is 10.0. The highest BCUT2D eigenvalue weighted by Gasteiger charge is 2.03. The summed E-state index contributed by atoms with van der Waals surface area (Å²) in [6.45, 7) is 4.32. The van der Waals surface area contributed by atoms with Gasteiger partial charge in [0.25, 0.3) is 0 Å². The first-order valence-corrected chi connectivity index (χ1v) is 7.23. The van der Waals surface area contributed by atoms with E-state index in [1.54, 1.807) is 0 Å². The van der Waals surface area contributed by atoms with Gasteiger partial charge >= 0.3 is 0 Å². The third kappa shape index (κ3) is 2.57. The van der Waals surface area contributed by atoms with Crippen molar-refractivity contribution in [2.75, 3.05) is 0 Å². The second-order valence-corrected chi connectivity index (χ2v) is 5.34. The van der Waals surface area contributed by atoms with Gasteiger partial charge in [-0.2, -0.15) is 0 Å². The molecule has 100 valence electrons. The van der Waals surface area contributed by atoms with E-state index in [9.17, 15) is 0 Å². The normalized spacial score (nSPS) is 10.9. The molecule has 0 fully saturated rings. The van der Waals surface area contributed by atoms with Crippen molar-refractivity contribution in [3.05, 3.63) is 65.7 Å². The molecule has 0 aliphatic heterocycles. The Balaban J connectivity index is 2.09. The zero-order valence-corrected chi connectivity index (χ0v) is 12.1. The first-order valence-electron chi connectivity index (χ1n) is 7.23. The van der Waals surface area contributed by atoms with Crippen molar-refractivity contribution in [3.63, 3.8) is 0 Å². The smallest absolute Gasteiger partial charge is 0.0712 e. The van der Waals surface area contributed by atoms with E-state index in [0.29, 0.717) is 0 Å². The minimum atomic E-state index is 1.05. The molecule has 20 heavy (non-hydrogen) atoms. The van der Waals surface area contributed by atoms with E-state index in [2.05, 4.69) is 68.4 Å². The molecule has 1 aromatic heterocycles. The highest BCUT2D eigenvalue weighted by Crippen LogP contribution is 2.22. The molecule has 0 unspecified atom stereocenters. The lowest BCUT2D eigenvalue weighted by Gasteiger charge is -2.06. The van der Waals surface area contributed by atoms with Gasteiger partial charge in [-0.1, -0.05) is 55.3 Å². The summed E-state index contributed by atoms with van der Waals surface area (Å²) in [5, 5.41) is 1.21.